The lowest BCUT2D eigenvalue weighted by atomic mass is 10.1. The topological polar surface area (TPSA) is 46.2 Å². The van der Waals surface area contributed by atoms with Crippen LogP contribution in [0.25, 0.3) is 0 Å². The summed E-state index contributed by atoms with van der Waals surface area (Å²) in [6.07, 6.45) is 2.37. The lowest BCUT2D eigenvalue weighted by molar-refractivity contribution is 0.484. The number of hydrogen-bond donors (Lipinski definition) is 1. The van der Waals surface area contributed by atoms with E-state index in [1.807, 2.05) is 6.92 Å². The van der Waals surface area contributed by atoms with Gasteiger partial charge in [0.1, 0.15) is 0 Å². The minimum atomic E-state index is -3.14. The molecule has 0 radical (unpaired) electrons. The van der Waals surface area contributed by atoms with Gasteiger partial charge in [-0.25, -0.2) is 13.1 Å². The van der Waals surface area contributed by atoms with Gasteiger partial charge in [-0.3, -0.25) is 0 Å². The highest BCUT2D eigenvalue weighted by Crippen LogP contribution is 2.08. The summed E-state index contributed by atoms with van der Waals surface area (Å²) in [6, 6.07) is -0.131. The van der Waals surface area contributed by atoms with E-state index in [-0.39, 0.29) is 11.8 Å². The second-order valence-corrected chi connectivity index (χ2v) is 6.45. The quantitative estimate of drug-likeness (QED) is 0.677. The predicted molar refractivity (Wildman–Crippen MR) is 65.8 cm³/mol. The molecule has 0 saturated heterocycles. The van der Waals surface area contributed by atoms with E-state index in [2.05, 4.69) is 18.6 Å². The van der Waals surface area contributed by atoms with Crippen LogP contribution in [0.5, 0.6) is 0 Å². The average Bonchev–Trinajstić information content (AvgIpc) is 2.12. The normalized spacial score (nSPS) is 14.5. The second-order valence-electron chi connectivity index (χ2n) is 4.27. The third-order valence-electron chi connectivity index (χ3n) is 2.06. The summed E-state index contributed by atoms with van der Waals surface area (Å²) in [5.74, 6) is 0.987. The number of hydrogen-bond acceptors (Lipinski definition) is 2. The molecule has 0 fully saturated rings. The van der Waals surface area contributed by atoms with Crippen molar-refractivity contribution in [3.8, 4) is 0 Å². The molecule has 0 aliphatic heterocycles. The van der Waals surface area contributed by atoms with E-state index in [0.717, 1.165) is 12.8 Å². The molecule has 0 bridgehead atoms. The average molecular weight is 256 g/mol. The molecule has 0 aliphatic rings. The van der Waals surface area contributed by atoms with Crippen LogP contribution in [0.2, 0.25) is 0 Å². The Labute approximate surface area is 98.6 Å². The van der Waals surface area contributed by atoms with Crippen LogP contribution in [0.15, 0.2) is 0 Å². The van der Waals surface area contributed by atoms with Crippen molar-refractivity contribution in [3.05, 3.63) is 0 Å². The maximum atomic E-state index is 11.6. The molecule has 3 nitrogen and oxygen atoms in total. The van der Waals surface area contributed by atoms with Crippen molar-refractivity contribution in [2.45, 2.75) is 46.1 Å². The first kappa shape index (κ1) is 15.2. The van der Waals surface area contributed by atoms with Gasteiger partial charge in [0.2, 0.25) is 10.0 Å². The molecule has 1 N–H and O–H groups in total. The Balaban J connectivity index is 4.15. The Morgan fingerprint density at radius 1 is 1.33 bits per heavy atom. The van der Waals surface area contributed by atoms with Gasteiger partial charge < -0.3 is 0 Å². The first-order valence-corrected chi connectivity index (χ1v) is 7.66. The molecule has 0 saturated carbocycles. The summed E-state index contributed by atoms with van der Waals surface area (Å²) in [5.41, 5.74) is 0. The number of halogens is 1. The third-order valence-corrected chi connectivity index (χ3v) is 3.95. The van der Waals surface area contributed by atoms with Crippen molar-refractivity contribution in [1.29, 1.82) is 0 Å². The first-order chi connectivity index (χ1) is 6.91. The predicted octanol–water partition coefficient (Wildman–Crippen LogP) is 2.36. The molecule has 15 heavy (non-hydrogen) atoms. The van der Waals surface area contributed by atoms with E-state index in [4.69, 9.17) is 11.6 Å². The molecule has 1 atom stereocenters. The Kier molecular flexibility index (Phi) is 7.57. The first-order valence-electron chi connectivity index (χ1n) is 5.47. The van der Waals surface area contributed by atoms with E-state index in [1.165, 1.54) is 0 Å². The van der Waals surface area contributed by atoms with Gasteiger partial charge >= 0.3 is 0 Å². The van der Waals surface area contributed by atoms with Crippen molar-refractivity contribution < 1.29 is 8.42 Å². The van der Waals surface area contributed by atoms with Gasteiger partial charge in [0.25, 0.3) is 0 Å². The summed E-state index contributed by atoms with van der Waals surface area (Å²) in [4.78, 5) is 0. The molecule has 0 heterocycles. The molecule has 0 aromatic carbocycles. The number of unbranched alkanes of at least 4 members (excludes halogenated alkanes) is 1. The van der Waals surface area contributed by atoms with Gasteiger partial charge in [-0.05, 0) is 18.8 Å². The Hall–Kier alpha value is 0.200. The SMILES string of the molecule is CCCCS(=O)(=O)NC(CCl)CC(C)C. The van der Waals surface area contributed by atoms with Crippen LogP contribution in [0, 0.1) is 5.92 Å². The van der Waals surface area contributed by atoms with Gasteiger partial charge in [-0.15, -0.1) is 11.6 Å². The van der Waals surface area contributed by atoms with Crippen LogP contribution in [-0.4, -0.2) is 26.1 Å². The van der Waals surface area contributed by atoms with Crippen LogP contribution in [0.3, 0.4) is 0 Å². The minimum absolute atomic E-state index is 0.131. The highest BCUT2D eigenvalue weighted by atomic mass is 35.5. The maximum Gasteiger partial charge on any atom is 0.211 e. The monoisotopic (exact) mass is 255 g/mol. The summed E-state index contributed by atoms with van der Waals surface area (Å²) >= 11 is 5.72. The Morgan fingerprint density at radius 3 is 2.33 bits per heavy atom. The second kappa shape index (κ2) is 7.47. The summed E-state index contributed by atoms with van der Waals surface area (Å²) in [6.45, 7) is 6.09. The van der Waals surface area contributed by atoms with Crippen molar-refractivity contribution in [2.24, 2.45) is 5.92 Å². The van der Waals surface area contributed by atoms with Gasteiger partial charge in [0, 0.05) is 11.9 Å². The van der Waals surface area contributed by atoms with E-state index in [0.29, 0.717) is 18.2 Å². The van der Waals surface area contributed by atoms with Crippen LogP contribution in [-0.2, 0) is 10.0 Å². The van der Waals surface area contributed by atoms with Crippen LogP contribution >= 0.6 is 11.6 Å². The van der Waals surface area contributed by atoms with E-state index in [1.54, 1.807) is 0 Å². The zero-order valence-corrected chi connectivity index (χ0v) is 11.4. The van der Waals surface area contributed by atoms with E-state index >= 15 is 0 Å². The minimum Gasteiger partial charge on any atom is -0.212 e. The molecule has 92 valence electrons. The Bertz CT molecular complexity index is 252. The third kappa shape index (κ3) is 8.05. The molecule has 0 spiro atoms. The lowest BCUT2D eigenvalue weighted by Gasteiger charge is -2.17. The van der Waals surface area contributed by atoms with Crippen molar-refractivity contribution in [2.75, 3.05) is 11.6 Å². The van der Waals surface area contributed by atoms with Crippen molar-refractivity contribution >= 4 is 21.6 Å². The maximum absolute atomic E-state index is 11.6. The molecule has 1 unspecified atom stereocenters. The van der Waals surface area contributed by atoms with Gasteiger partial charge in [-0.1, -0.05) is 27.2 Å². The smallest absolute Gasteiger partial charge is 0.211 e. The molecule has 0 rings (SSSR count). The number of alkyl halides is 1. The van der Waals surface area contributed by atoms with E-state index < -0.39 is 10.0 Å². The largest absolute Gasteiger partial charge is 0.212 e. The zero-order valence-electron chi connectivity index (χ0n) is 9.79. The summed E-state index contributed by atoms with van der Waals surface area (Å²) in [7, 11) is -3.14. The molecule has 0 amide bonds. The fraction of sp³-hybridized carbons (Fsp3) is 1.00. The summed E-state index contributed by atoms with van der Waals surface area (Å²) < 4.78 is 25.8. The van der Waals surface area contributed by atoms with Gasteiger partial charge in [0.15, 0.2) is 0 Å². The fourth-order valence-corrected chi connectivity index (χ4v) is 3.13. The molecule has 0 aromatic rings. The van der Waals surface area contributed by atoms with Crippen LogP contribution in [0.1, 0.15) is 40.0 Å². The van der Waals surface area contributed by atoms with Crippen molar-refractivity contribution in [3.63, 3.8) is 0 Å². The molecule has 0 aliphatic carbocycles. The lowest BCUT2D eigenvalue weighted by Crippen LogP contribution is -2.38. The van der Waals surface area contributed by atoms with Gasteiger partial charge in [-0.2, -0.15) is 0 Å². The fourth-order valence-electron chi connectivity index (χ4n) is 1.36. The Morgan fingerprint density at radius 2 is 1.93 bits per heavy atom. The molecule has 5 heteroatoms. The molecule has 0 aromatic heterocycles. The van der Waals surface area contributed by atoms with E-state index in [9.17, 15) is 8.42 Å². The number of rotatable bonds is 8. The molecular weight excluding hydrogens is 234 g/mol. The van der Waals surface area contributed by atoms with Crippen molar-refractivity contribution in [1.82, 2.24) is 4.72 Å². The number of nitrogens with one attached hydrogen (secondary N) is 1. The highest BCUT2D eigenvalue weighted by molar-refractivity contribution is 7.89. The van der Waals surface area contributed by atoms with Gasteiger partial charge in [0.05, 0.1) is 5.75 Å². The number of sulfonamides is 1. The standard InChI is InChI=1S/C10H22ClNO2S/c1-4-5-6-15(13,14)12-10(8-11)7-9(2)3/h9-10,12H,4-8H2,1-3H3. The molecular formula is C10H22ClNO2S. The zero-order chi connectivity index (χ0) is 11.9. The highest BCUT2D eigenvalue weighted by Gasteiger charge is 2.17. The van der Waals surface area contributed by atoms with Crippen LogP contribution in [0.4, 0.5) is 0 Å². The van der Waals surface area contributed by atoms with Crippen LogP contribution < -0.4 is 4.72 Å². The summed E-state index contributed by atoms with van der Waals surface area (Å²) in [5, 5.41) is 0.